The summed E-state index contributed by atoms with van der Waals surface area (Å²) in [6.45, 7) is 2.09. The molecular formula is C36H24IrN4O-2. The summed E-state index contributed by atoms with van der Waals surface area (Å²) < 4.78 is 8.43. The van der Waals surface area contributed by atoms with Crippen LogP contribution in [-0.2, 0) is 20.1 Å². The van der Waals surface area contributed by atoms with E-state index in [0.29, 0.717) is 0 Å². The number of hydrogen-bond donors (Lipinski definition) is 0. The average molecular weight is 721 g/mol. The number of imidazole rings is 1. The Morgan fingerprint density at radius 2 is 1.60 bits per heavy atom. The molecule has 0 bridgehead atoms. The van der Waals surface area contributed by atoms with Crippen molar-refractivity contribution in [1.82, 2.24) is 19.5 Å². The van der Waals surface area contributed by atoms with E-state index in [2.05, 4.69) is 51.8 Å². The molecule has 0 spiro atoms. The zero-order chi connectivity index (χ0) is 27.6. The zero-order valence-electron chi connectivity index (χ0n) is 22.7. The first kappa shape index (κ1) is 27.3. The van der Waals surface area contributed by atoms with E-state index in [0.717, 1.165) is 66.9 Å². The number of hydrogen-bond acceptors (Lipinski definition) is 4. The van der Waals surface area contributed by atoms with Crippen molar-refractivity contribution in [1.29, 1.82) is 0 Å². The first-order valence-corrected chi connectivity index (χ1v) is 13.4. The number of benzene rings is 4. The largest absolute Gasteiger partial charge is 0.501 e. The van der Waals surface area contributed by atoms with Crippen LogP contribution < -0.4 is 0 Å². The summed E-state index contributed by atoms with van der Waals surface area (Å²) in [6, 6.07) is 42.5. The van der Waals surface area contributed by atoms with E-state index < -0.39 is 0 Å². The van der Waals surface area contributed by atoms with Crippen LogP contribution in [0.4, 0.5) is 0 Å². The Kier molecular flexibility index (Phi) is 7.74. The summed E-state index contributed by atoms with van der Waals surface area (Å²) in [5.41, 5.74) is 8.54. The van der Waals surface area contributed by atoms with Gasteiger partial charge in [-0.3, -0.25) is 9.97 Å². The van der Waals surface area contributed by atoms with Crippen LogP contribution in [0.3, 0.4) is 0 Å². The van der Waals surface area contributed by atoms with Gasteiger partial charge in [0.2, 0.25) is 0 Å². The van der Waals surface area contributed by atoms with E-state index in [1.54, 1.807) is 12.4 Å². The van der Waals surface area contributed by atoms with Gasteiger partial charge in [0.15, 0.2) is 0 Å². The molecule has 205 valence electrons. The van der Waals surface area contributed by atoms with Gasteiger partial charge < -0.3 is 14.0 Å². The van der Waals surface area contributed by atoms with Crippen LogP contribution >= 0.6 is 0 Å². The molecule has 4 aromatic heterocycles. The quantitative estimate of drug-likeness (QED) is 0.172. The summed E-state index contributed by atoms with van der Waals surface area (Å²) in [4.78, 5) is 13.5. The number of pyridine rings is 2. The molecule has 42 heavy (non-hydrogen) atoms. The van der Waals surface area contributed by atoms with E-state index in [-0.39, 0.29) is 20.1 Å². The monoisotopic (exact) mass is 721 g/mol. The number of aryl methyl sites for hydroxylation is 1. The molecule has 4 heterocycles. The second-order valence-corrected chi connectivity index (χ2v) is 9.61. The van der Waals surface area contributed by atoms with Gasteiger partial charge in [-0.25, -0.2) is 0 Å². The number of fused-ring (bicyclic) bond motifs is 4. The van der Waals surface area contributed by atoms with Crippen LogP contribution in [0, 0.1) is 19.1 Å². The molecule has 0 saturated carbocycles. The van der Waals surface area contributed by atoms with Crippen LogP contribution in [0.2, 0.25) is 0 Å². The molecular weight excluding hydrogens is 697 g/mol. The third-order valence-corrected chi connectivity index (χ3v) is 6.99. The minimum atomic E-state index is 0. The fourth-order valence-corrected chi connectivity index (χ4v) is 5.10. The van der Waals surface area contributed by atoms with Crippen LogP contribution in [0.1, 0.15) is 5.56 Å². The van der Waals surface area contributed by atoms with Gasteiger partial charge in [-0.1, -0.05) is 66.4 Å². The Labute approximate surface area is 256 Å². The zero-order valence-corrected chi connectivity index (χ0v) is 25.0. The van der Waals surface area contributed by atoms with Gasteiger partial charge in [-0.05, 0) is 36.0 Å². The average Bonchev–Trinajstić information content (AvgIpc) is 3.63. The fourth-order valence-electron chi connectivity index (χ4n) is 5.10. The molecule has 0 aliphatic rings. The van der Waals surface area contributed by atoms with Gasteiger partial charge in [-0.15, -0.1) is 53.6 Å². The van der Waals surface area contributed by atoms with E-state index in [4.69, 9.17) is 9.40 Å². The second kappa shape index (κ2) is 11.9. The fraction of sp³-hybridized carbons (Fsp3) is 0.0278. The maximum atomic E-state index is 6.31. The topological polar surface area (TPSA) is 56.7 Å². The predicted molar refractivity (Wildman–Crippen MR) is 164 cm³/mol. The normalized spacial score (nSPS) is 10.8. The Hall–Kier alpha value is -4.90. The molecule has 8 rings (SSSR count). The molecule has 8 aromatic rings. The molecule has 0 fully saturated rings. The number of rotatable bonds is 3. The molecule has 0 aliphatic carbocycles. The summed E-state index contributed by atoms with van der Waals surface area (Å²) >= 11 is 0. The van der Waals surface area contributed by atoms with Gasteiger partial charge in [-0.2, -0.15) is 0 Å². The molecule has 6 heteroatoms. The standard InChI is InChI=1S/C25H16N3O.C11H8N.Ir/c1-16-11-12-19(24-23(16)18-9-5-6-10-22(18)29-24)25-27-20-13-14-26-15-21(20)28(25)17-7-3-2-4-8-17;1-2-6-10(7-3-1)11-8-4-5-9-12-11;/h2-11,13-15H,1H3;1-6,8-9H;/q2*-1;. The van der Waals surface area contributed by atoms with Crippen molar-refractivity contribution in [3.63, 3.8) is 0 Å². The van der Waals surface area contributed by atoms with Crippen molar-refractivity contribution >= 4 is 33.0 Å². The van der Waals surface area contributed by atoms with Crippen LogP contribution in [0.5, 0.6) is 0 Å². The van der Waals surface area contributed by atoms with Crippen molar-refractivity contribution in [3.05, 3.63) is 145 Å². The van der Waals surface area contributed by atoms with Gasteiger partial charge in [0.05, 0.1) is 28.6 Å². The Bertz CT molecular complexity index is 2070. The predicted octanol–water partition coefficient (Wildman–Crippen LogP) is 8.64. The van der Waals surface area contributed by atoms with Crippen molar-refractivity contribution in [3.8, 4) is 28.3 Å². The van der Waals surface area contributed by atoms with Crippen molar-refractivity contribution in [2.24, 2.45) is 0 Å². The SMILES string of the molecule is Cc1c[c-]c(-c2nc3ccncc3n2-c2ccccc2)c2oc3ccccc3c12.[Ir].[c-]1ccccc1-c1ccccn1. The third kappa shape index (κ3) is 5.03. The summed E-state index contributed by atoms with van der Waals surface area (Å²) in [5, 5.41) is 2.22. The van der Waals surface area contributed by atoms with Crippen molar-refractivity contribution in [2.45, 2.75) is 6.92 Å². The third-order valence-electron chi connectivity index (χ3n) is 6.99. The number of furan rings is 1. The minimum absolute atomic E-state index is 0. The molecule has 5 nitrogen and oxygen atoms in total. The summed E-state index contributed by atoms with van der Waals surface area (Å²) in [5.74, 6) is 0.795. The number of aromatic nitrogens is 4. The maximum absolute atomic E-state index is 6.31. The van der Waals surface area contributed by atoms with E-state index in [1.807, 2.05) is 97.2 Å². The van der Waals surface area contributed by atoms with Gasteiger partial charge >= 0.3 is 0 Å². The first-order valence-electron chi connectivity index (χ1n) is 13.4. The number of para-hydroxylation sites is 2. The molecule has 0 aliphatic heterocycles. The number of nitrogens with zero attached hydrogens (tertiary/aromatic N) is 4. The maximum Gasteiger partial charge on any atom is 0.120 e. The summed E-state index contributed by atoms with van der Waals surface area (Å²) in [6.07, 6.45) is 5.41. The van der Waals surface area contributed by atoms with Crippen LogP contribution in [-0.4, -0.2) is 19.5 Å². The Morgan fingerprint density at radius 3 is 2.40 bits per heavy atom. The first-order chi connectivity index (χ1) is 20.3. The van der Waals surface area contributed by atoms with Crippen LogP contribution in [0.15, 0.2) is 132 Å². The summed E-state index contributed by atoms with van der Waals surface area (Å²) in [7, 11) is 0. The second-order valence-electron chi connectivity index (χ2n) is 9.61. The van der Waals surface area contributed by atoms with Crippen LogP contribution in [0.25, 0.3) is 61.3 Å². The molecule has 0 saturated heterocycles. The molecule has 0 amide bonds. The Balaban J connectivity index is 0.000000205. The smallest absolute Gasteiger partial charge is 0.120 e. The molecule has 1 radical (unpaired) electrons. The molecule has 0 atom stereocenters. The molecule has 4 aromatic carbocycles. The minimum Gasteiger partial charge on any atom is -0.501 e. The molecule has 0 N–H and O–H groups in total. The van der Waals surface area contributed by atoms with E-state index in [1.165, 1.54) is 0 Å². The van der Waals surface area contributed by atoms with Gasteiger partial charge in [0, 0.05) is 43.6 Å². The van der Waals surface area contributed by atoms with E-state index in [9.17, 15) is 0 Å². The van der Waals surface area contributed by atoms with Crippen molar-refractivity contribution in [2.75, 3.05) is 0 Å². The van der Waals surface area contributed by atoms with Gasteiger partial charge in [0.1, 0.15) is 5.58 Å². The molecule has 0 unspecified atom stereocenters. The Morgan fingerprint density at radius 1 is 0.786 bits per heavy atom. The van der Waals surface area contributed by atoms with Gasteiger partial charge in [0.25, 0.3) is 0 Å². The van der Waals surface area contributed by atoms with E-state index >= 15 is 0 Å². The van der Waals surface area contributed by atoms with Crippen molar-refractivity contribution < 1.29 is 24.5 Å².